The Labute approximate surface area is 197 Å². The molecule has 1 saturated heterocycles. The maximum Gasteiger partial charge on any atom is 0.434 e. The number of hydrogen-bond donors (Lipinski definition) is 6. The van der Waals surface area contributed by atoms with E-state index in [0.29, 0.717) is 30.4 Å². The third-order valence-corrected chi connectivity index (χ3v) is 8.71. The summed E-state index contributed by atoms with van der Waals surface area (Å²) in [7, 11) is -3.88. The molecule has 3 saturated carbocycles. The van der Waals surface area contributed by atoms with Gasteiger partial charge in [-0.3, -0.25) is 4.40 Å². The molecule has 15 heteroatoms. The van der Waals surface area contributed by atoms with Crippen LogP contribution in [0, 0.1) is 12.3 Å². The number of nitrogens with one attached hydrogen (secondary N) is 5. The van der Waals surface area contributed by atoms with Gasteiger partial charge in [-0.1, -0.05) is 6.07 Å². The zero-order chi connectivity index (χ0) is 24.8. The Morgan fingerprint density at radius 3 is 2.54 bits per heavy atom. The predicted molar refractivity (Wildman–Crippen MR) is 118 cm³/mol. The topological polar surface area (TPSA) is 151 Å². The van der Waals surface area contributed by atoms with Crippen molar-refractivity contribution in [2.45, 2.75) is 49.0 Å². The highest BCUT2D eigenvalue weighted by atomic mass is 32.2. The van der Waals surface area contributed by atoms with E-state index in [1.54, 1.807) is 13.0 Å². The summed E-state index contributed by atoms with van der Waals surface area (Å²) in [6, 6.07) is 4.54. The van der Waals surface area contributed by atoms with E-state index in [2.05, 4.69) is 36.6 Å². The molecule has 1 aliphatic heterocycles. The molecular formula is C20H22F3N9O2S. The van der Waals surface area contributed by atoms with E-state index in [9.17, 15) is 21.6 Å². The minimum Gasteiger partial charge on any atom is -0.381 e. The maximum absolute atomic E-state index is 13.3. The molecule has 0 amide bonds. The highest BCUT2D eigenvalue weighted by molar-refractivity contribution is 7.89. The summed E-state index contributed by atoms with van der Waals surface area (Å²) >= 11 is 0. The lowest BCUT2D eigenvalue weighted by molar-refractivity contribution is -0.167. The second kappa shape index (κ2) is 7.11. The van der Waals surface area contributed by atoms with E-state index in [-0.39, 0.29) is 33.6 Å². The molecule has 7 rings (SSSR count). The van der Waals surface area contributed by atoms with Crippen LogP contribution in [0.2, 0.25) is 0 Å². The molecule has 0 spiro atoms. The average Bonchev–Trinajstić information content (AvgIpc) is 3.39. The number of hydrogen-bond acceptors (Lipinski definition) is 9. The molecule has 1 aromatic carbocycles. The van der Waals surface area contributed by atoms with Crippen molar-refractivity contribution in [1.29, 1.82) is 0 Å². The summed E-state index contributed by atoms with van der Waals surface area (Å²) in [6.07, 6.45) is -0.483. The Hall–Kier alpha value is -2.82. The van der Waals surface area contributed by atoms with Gasteiger partial charge in [-0.05, 0) is 43.9 Å². The van der Waals surface area contributed by atoms with Gasteiger partial charge in [0.1, 0.15) is 0 Å². The van der Waals surface area contributed by atoms with Crippen LogP contribution in [-0.2, 0) is 16.2 Å². The van der Waals surface area contributed by atoms with E-state index in [0.717, 1.165) is 6.20 Å². The smallest absolute Gasteiger partial charge is 0.381 e. The van der Waals surface area contributed by atoms with Gasteiger partial charge in [-0.25, -0.2) is 34.0 Å². The number of aromatic nitrogens is 3. The van der Waals surface area contributed by atoms with Gasteiger partial charge in [-0.2, -0.15) is 24.2 Å². The standard InChI is InChI=1S/C20H22F3N9O2S/c1-10-2-3-11(35(33,34)29-19-7-18(8-19,9-19)17-27-30-31-28-17)4-12(10)13-5-25-16-15(24)26-14(6-32(13)16)20(21,22)23/h2-6,17,27-31H,7-9H2,1H3,(H2,24,26). The number of fused-ring (bicyclic) bond motifs is 1. The highest BCUT2D eigenvalue weighted by Crippen LogP contribution is 2.68. The fourth-order valence-corrected chi connectivity index (χ4v) is 7.00. The number of nitrogens with two attached hydrogens (primary N) is 1. The molecule has 2 bridgehead atoms. The number of hydrazine groups is 3. The number of imidazole rings is 1. The van der Waals surface area contributed by atoms with Gasteiger partial charge < -0.3 is 5.73 Å². The molecule has 0 unspecified atom stereocenters. The van der Waals surface area contributed by atoms with Crippen molar-refractivity contribution in [2.75, 3.05) is 5.73 Å². The molecule has 11 nitrogen and oxygen atoms in total. The lowest BCUT2D eigenvalue weighted by Gasteiger charge is -2.71. The third-order valence-electron chi connectivity index (χ3n) is 7.13. The summed E-state index contributed by atoms with van der Waals surface area (Å²) in [6.45, 7) is 1.74. The molecule has 3 aliphatic carbocycles. The first-order valence-corrected chi connectivity index (χ1v) is 12.3. The Kier molecular flexibility index (Phi) is 4.60. The van der Waals surface area contributed by atoms with Crippen LogP contribution >= 0.6 is 0 Å². The molecule has 7 N–H and O–H groups in total. The molecule has 0 radical (unpaired) electrons. The van der Waals surface area contributed by atoms with Crippen LogP contribution in [0.15, 0.2) is 35.5 Å². The summed E-state index contributed by atoms with van der Waals surface area (Å²) in [5, 5.41) is 0. The SMILES string of the molecule is Cc1ccc(S(=O)(=O)NC23CC(C4NNNN4)(C2)C3)cc1-c1cnc2c(N)nc(C(F)(F)F)cn12. The zero-order valence-electron chi connectivity index (χ0n) is 18.4. The third kappa shape index (κ3) is 3.41. The minimum atomic E-state index is -4.70. The fourth-order valence-electron chi connectivity index (χ4n) is 5.58. The van der Waals surface area contributed by atoms with Crippen molar-refractivity contribution in [3.8, 4) is 11.3 Å². The van der Waals surface area contributed by atoms with E-state index in [4.69, 9.17) is 5.73 Å². The van der Waals surface area contributed by atoms with Gasteiger partial charge in [0.05, 0.1) is 23.0 Å². The first-order valence-electron chi connectivity index (χ1n) is 10.8. The summed E-state index contributed by atoms with van der Waals surface area (Å²) in [5.41, 5.74) is 17.1. The van der Waals surface area contributed by atoms with Crippen molar-refractivity contribution >= 4 is 21.5 Å². The first kappa shape index (κ1) is 22.6. The highest BCUT2D eigenvalue weighted by Gasteiger charge is 2.72. The normalized spacial score (nSPS) is 26.6. The number of nitrogens with zero attached hydrogens (tertiary/aromatic N) is 3. The minimum absolute atomic E-state index is 0.00137. The van der Waals surface area contributed by atoms with Crippen molar-refractivity contribution in [3.63, 3.8) is 0 Å². The summed E-state index contributed by atoms with van der Waals surface area (Å²) in [4.78, 5) is 7.52. The molecule has 0 atom stereocenters. The summed E-state index contributed by atoms with van der Waals surface area (Å²) < 4.78 is 70.5. The van der Waals surface area contributed by atoms with E-state index in [1.165, 1.54) is 22.7 Å². The number of benzene rings is 1. The van der Waals surface area contributed by atoms with Crippen LogP contribution in [0.5, 0.6) is 0 Å². The van der Waals surface area contributed by atoms with Crippen molar-refractivity contribution < 1.29 is 21.6 Å². The lowest BCUT2D eigenvalue weighted by atomic mass is 9.38. The van der Waals surface area contributed by atoms with Crippen molar-refractivity contribution in [2.24, 2.45) is 5.41 Å². The van der Waals surface area contributed by atoms with Crippen LogP contribution in [0.1, 0.15) is 30.5 Å². The van der Waals surface area contributed by atoms with Crippen molar-refractivity contribution in [1.82, 2.24) is 41.0 Å². The first-order chi connectivity index (χ1) is 16.4. The largest absolute Gasteiger partial charge is 0.434 e. The number of rotatable bonds is 5. The Bertz CT molecular complexity index is 1440. The molecule has 3 heterocycles. The van der Waals surface area contributed by atoms with E-state index in [1.807, 2.05) is 0 Å². The molecular weight excluding hydrogens is 487 g/mol. The number of nitrogen functional groups attached to an aromatic ring is 1. The lowest BCUT2D eigenvalue weighted by Crippen LogP contribution is -2.80. The van der Waals surface area contributed by atoms with E-state index < -0.39 is 27.4 Å². The van der Waals surface area contributed by atoms with Crippen LogP contribution in [-0.4, -0.2) is 34.5 Å². The Balaban J connectivity index is 1.32. The molecule has 2 aromatic heterocycles. The molecule has 35 heavy (non-hydrogen) atoms. The second-order valence-corrected chi connectivity index (χ2v) is 11.3. The Morgan fingerprint density at radius 1 is 1.20 bits per heavy atom. The van der Waals surface area contributed by atoms with Gasteiger partial charge in [-0.15, -0.1) is 0 Å². The number of halogens is 3. The van der Waals surface area contributed by atoms with Gasteiger partial charge in [0.15, 0.2) is 17.2 Å². The predicted octanol–water partition coefficient (Wildman–Crippen LogP) is 0.950. The monoisotopic (exact) mass is 509 g/mol. The van der Waals surface area contributed by atoms with E-state index >= 15 is 0 Å². The molecule has 3 aromatic rings. The number of alkyl halides is 3. The fraction of sp³-hybridized carbons (Fsp3) is 0.400. The summed E-state index contributed by atoms with van der Waals surface area (Å²) in [5.74, 6) is -0.372. The molecule has 4 aliphatic rings. The average molecular weight is 510 g/mol. The zero-order valence-corrected chi connectivity index (χ0v) is 19.2. The number of anilines is 1. The Morgan fingerprint density at radius 2 is 1.89 bits per heavy atom. The maximum atomic E-state index is 13.3. The molecule has 4 fully saturated rings. The second-order valence-electron chi connectivity index (χ2n) is 9.57. The van der Waals surface area contributed by atoms with Gasteiger partial charge in [0, 0.05) is 22.7 Å². The van der Waals surface area contributed by atoms with Crippen LogP contribution in [0.3, 0.4) is 0 Å². The number of sulfonamides is 1. The van der Waals surface area contributed by atoms with Gasteiger partial charge in [0.2, 0.25) is 10.0 Å². The van der Waals surface area contributed by atoms with Crippen LogP contribution < -0.4 is 32.4 Å². The quantitative estimate of drug-likeness (QED) is 0.295. The van der Waals surface area contributed by atoms with Crippen LogP contribution in [0.25, 0.3) is 16.9 Å². The van der Waals surface area contributed by atoms with Gasteiger partial charge in [0.25, 0.3) is 0 Å². The van der Waals surface area contributed by atoms with Crippen molar-refractivity contribution in [3.05, 3.63) is 41.9 Å². The van der Waals surface area contributed by atoms with Gasteiger partial charge >= 0.3 is 6.18 Å². The van der Waals surface area contributed by atoms with Crippen LogP contribution in [0.4, 0.5) is 19.0 Å². The number of aryl methyl sites for hydroxylation is 1. The molecule has 186 valence electrons.